The number of nitrogens with zero attached hydrogens (tertiary/aromatic N) is 1. The molecule has 36 heavy (non-hydrogen) atoms. The highest BCUT2D eigenvalue weighted by Gasteiger charge is 2.26. The van der Waals surface area contributed by atoms with Crippen LogP contribution in [0.5, 0.6) is 5.75 Å². The van der Waals surface area contributed by atoms with E-state index in [2.05, 4.69) is 22.9 Å². The first kappa shape index (κ1) is 24.8. The molecule has 0 saturated heterocycles. The number of anilines is 1. The molecule has 0 saturated carbocycles. The second kappa shape index (κ2) is 11.4. The van der Waals surface area contributed by atoms with Gasteiger partial charge in [-0.15, -0.1) is 0 Å². The number of rotatable bonds is 9. The number of nitrogens with one attached hydrogen (secondary N) is 2. The van der Waals surface area contributed by atoms with E-state index in [-0.39, 0.29) is 11.8 Å². The zero-order chi connectivity index (χ0) is 25.5. The molecule has 0 spiro atoms. The molecule has 184 valence electrons. The topological polar surface area (TPSA) is 70.7 Å². The summed E-state index contributed by atoms with van der Waals surface area (Å²) in [6.07, 6.45) is 0.363. The molecule has 0 fully saturated rings. The molecule has 6 heteroatoms. The number of ether oxygens (including phenoxy) is 1. The van der Waals surface area contributed by atoms with Crippen molar-refractivity contribution in [2.45, 2.75) is 26.3 Å². The number of hydrazine groups is 1. The Morgan fingerprint density at radius 2 is 1.64 bits per heavy atom. The second-order valence-electron chi connectivity index (χ2n) is 8.70. The van der Waals surface area contributed by atoms with Crippen molar-refractivity contribution in [3.63, 3.8) is 0 Å². The van der Waals surface area contributed by atoms with Crippen molar-refractivity contribution < 1.29 is 14.3 Å². The third-order valence-corrected chi connectivity index (χ3v) is 6.07. The first-order valence-electron chi connectivity index (χ1n) is 12.0. The van der Waals surface area contributed by atoms with Gasteiger partial charge in [0.15, 0.2) is 0 Å². The van der Waals surface area contributed by atoms with Crippen LogP contribution in [0.3, 0.4) is 0 Å². The third kappa shape index (κ3) is 6.02. The fourth-order valence-corrected chi connectivity index (χ4v) is 4.13. The number of hydrogen-bond acceptors (Lipinski definition) is 4. The molecule has 1 atom stereocenters. The number of carbonyl (C=O) groups is 2. The van der Waals surface area contributed by atoms with Crippen LogP contribution in [0.1, 0.15) is 28.4 Å². The van der Waals surface area contributed by atoms with Crippen molar-refractivity contribution in [1.29, 1.82) is 0 Å². The molecule has 0 heterocycles. The minimum absolute atomic E-state index is 0.220. The minimum Gasteiger partial charge on any atom is -0.497 e. The number of hydrogen-bond donors (Lipinski definition) is 2. The largest absolute Gasteiger partial charge is 0.497 e. The fourth-order valence-electron chi connectivity index (χ4n) is 4.13. The Balaban J connectivity index is 1.60. The van der Waals surface area contributed by atoms with Crippen LogP contribution >= 0.6 is 0 Å². The molecule has 2 N–H and O–H groups in total. The number of aryl methyl sites for hydroxylation is 1. The summed E-state index contributed by atoms with van der Waals surface area (Å²) in [5.74, 6) is 0.232. The van der Waals surface area contributed by atoms with E-state index in [0.29, 0.717) is 18.5 Å². The number of carbonyl (C=O) groups excluding carboxylic acids is 2. The smallest absolute Gasteiger partial charge is 0.263 e. The van der Waals surface area contributed by atoms with E-state index in [4.69, 9.17) is 4.74 Å². The highest BCUT2D eigenvalue weighted by molar-refractivity contribution is 5.98. The lowest BCUT2D eigenvalue weighted by atomic mass is 10.0. The van der Waals surface area contributed by atoms with Crippen LogP contribution in [-0.4, -0.2) is 36.5 Å². The van der Waals surface area contributed by atoms with Crippen molar-refractivity contribution in [1.82, 2.24) is 10.3 Å². The summed E-state index contributed by atoms with van der Waals surface area (Å²) in [6, 6.07) is 28.2. The fraction of sp³-hybridized carbons (Fsp3) is 0.200. The molecule has 4 rings (SSSR count). The quantitative estimate of drug-likeness (QED) is 0.315. The number of methoxy groups -OCH3 is 1. The first-order chi connectivity index (χ1) is 17.5. The van der Waals surface area contributed by atoms with Crippen molar-refractivity contribution in [3.05, 3.63) is 108 Å². The Kier molecular flexibility index (Phi) is 7.85. The Bertz CT molecular complexity index is 1350. The Hall–Kier alpha value is -4.32. The van der Waals surface area contributed by atoms with Gasteiger partial charge in [0, 0.05) is 18.5 Å². The van der Waals surface area contributed by atoms with Crippen LogP contribution in [0, 0.1) is 6.92 Å². The summed E-state index contributed by atoms with van der Waals surface area (Å²) in [7, 11) is 1.61. The molecule has 0 aliphatic rings. The molecule has 4 aromatic carbocycles. The lowest BCUT2D eigenvalue weighted by Gasteiger charge is -2.28. The zero-order valence-corrected chi connectivity index (χ0v) is 20.8. The Morgan fingerprint density at radius 3 is 2.33 bits per heavy atom. The van der Waals surface area contributed by atoms with Crippen LogP contribution in [-0.2, 0) is 11.2 Å². The number of amides is 2. The predicted octanol–water partition coefficient (Wildman–Crippen LogP) is 5.37. The maximum Gasteiger partial charge on any atom is 0.263 e. The normalized spacial score (nSPS) is 11.5. The summed E-state index contributed by atoms with van der Waals surface area (Å²) in [4.78, 5) is 26.9. The van der Waals surface area contributed by atoms with Gasteiger partial charge in [0.25, 0.3) is 11.8 Å². The van der Waals surface area contributed by atoms with Gasteiger partial charge in [-0.2, -0.15) is 0 Å². The summed E-state index contributed by atoms with van der Waals surface area (Å²) in [6.45, 7) is 4.25. The molecule has 0 aliphatic carbocycles. The van der Waals surface area contributed by atoms with E-state index < -0.39 is 6.04 Å². The molecule has 0 bridgehead atoms. The molecule has 0 aliphatic heterocycles. The lowest BCUT2D eigenvalue weighted by molar-refractivity contribution is -0.131. The van der Waals surface area contributed by atoms with Gasteiger partial charge in [-0.3, -0.25) is 20.0 Å². The average Bonchev–Trinajstić information content (AvgIpc) is 2.91. The minimum atomic E-state index is -0.759. The highest BCUT2D eigenvalue weighted by Crippen LogP contribution is 2.19. The summed E-state index contributed by atoms with van der Waals surface area (Å²) in [5, 5.41) is 6.74. The number of fused-ring (bicyclic) bond motifs is 1. The van der Waals surface area contributed by atoms with Gasteiger partial charge in [0.05, 0.1) is 12.8 Å². The lowest BCUT2D eigenvalue weighted by Crippen LogP contribution is -2.51. The van der Waals surface area contributed by atoms with Gasteiger partial charge < -0.3 is 10.1 Å². The standard InChI is InChI=1S/C30H31N3O3/c1-4-33(32-26-14-16-27(36-3)17-15-26)30(35)28(31-29(34)25-11-7-8-21(2)18-25)20-22-12-13-23-9-5-6-10-24(23)19-22/h5-19,28,32H,4,20H2,1-3H3,(H,31,34). The summed E-state index contributed by atoms with van der Waals surface area (Å²) >= 11 is 0. The maximum absolute atomic E-state index is 13.7. The predicted molar refractivity (Wildman–Crippen MR) is 144 cm³/mol. The van der Waals surface area contributed by atoms with Crippen LogP contribution in [0.15, 0.2) is 91.0 Å². The van der Waals surface area contributed by atoms with Crippen molar-refractivity contribution in [2.24, 2.45) is 0 Å². The summed E-state index contributed by atoms with van der Waals surface area (Å²) in [5.41, 5.74) is 6.40. The molecule has 2 amide bonds. The van der Waals surface area contributed by atoms with E-state index in [1.54, 1.807) is 13.2 Å². The Labute approximate surface area is 211 Å². The molecule has 4 aromatic rings. The van der Waals surface area contributed by atoms with Gasteiger partial charge >= 0.3 is 0 Å². The van der Waals surface area contributed by atoms with Gasteiger partial charge in [0.2, 0.25) is 0 Å². The molecule has 0 radical (unpaired) electrons. The molecule has 6 nitrogen and oxygen atoms in total. The van der Waals surface area contributed by atoms with Crippen LogP contribution in [0.4, 0.5) is 5.69 Å². The van der Waals surface area contributed by atoms with E-state index in [9.17, 15) is 9.59 Å². The van der Waals surface area contributed by atoms with Crippen molar-refractivity contribution >= 4 is 28.3 Å². The van der Waals surface area contributed by atoms with E-state index in [1.165, 1.54) is 5.01 Å². The molecule has 0 aromatic heterocycles. The van der Waals surface area contributed by atoms with Crippen LogP contribution in [0.2, 0.25) is 0 Å². The highest BCUT2D eigenvalue weighted by atomic mass is 16.5. The van der Waals surface area contributed by atoms with Gasteiger partial charge in [-0.1, -0.05) is 60.2 Å². The second-order valence-corrected chi connectivity index (χ2v) is 8.70. The van der Waals surface area contributed by atoms with E-state index >= 15 is 0 Å². The van der Waals surface area contributed by atoms with Gasteiger partial charge in [-0.05, 0) is 66.6 Å². The SMILES string of the molecule is CCN(Nc1ccc(OC)cc1)C(=O)C(Cc1ccc2ccccc2c1)NC(=O)c1cccc(C)c1. The van der Waals surface area contributed by atoms with Crippen molar-refractivity contribution in [3.8, 4) is 5.75 Å². The molecule has 1 unspecified atom stereocenters. The maximum atomic E-state index is 13.7. The first-order valence-corrected chi connectivity index (χ1v) is 12.0. The number of benzene rings is 4. The van der Waals surface area contributed by atoms with Gasteiger partial charge in [-0.25, -0.2) is 0 Å². The van der Waals surface area contributed by atoms with E-state index in [0.717, 1.165) is 33.3 Å². The van der Waals surface area contributed by atoms with Crippen LogP contribution < -0.4 is 15.5 Å². The molecular weight excluding hydrogens is 450 g/mol. The monoisotopic (exact) mass is 481 g/mol. The summed E-state index contributed by atoms with van der Waals surface area (Å²) < 4.78 is 5.22. The van der Waals surface area contributed by atoms with Crippen LogP contribution in [0.25, 0.3) is 10.8 Å². The zero-order valence-electron chi connectivity index (χ0n) is 20.8. The Morgan fingerprint density at radius 1 is 0.889 bits per heavy atom. The van der Waals surface area contributed by atoms with Gasteiger partial charge in [0.1, 0.15) is 11.8 Å². The van der Waals surface area contributed by atoms with Crippen molar-refractivity contribution in [2.75, 3.05) is 19.1 Å². The molecular formula is C30H31N3O3. The number of likely N-dealkylation sites (N-methyl/N-ethyl adjacent to an activating group) is 1. The third-order valence-electron chi connectivity index (χ3n) is 6.07. The average molecular weight is 482 g/mol. The van der Waals surface area contributed by atoms with E-state index in [1.807, 2.05) is 86.6 Å².